The molecule has 0 rings (SSSR count). The van der Waals surface area contributed by atoms with E-state index < -0.39 is 0 Å². The summed E-state index contributed by atoms with van der Waals surface area (Å²) in [5.74, 6) is 0.833. The summed E-state index contributed by atoms with van der Waals surface area (Å²) in [6, 6.07) is 0. The van der Waals surface area contributed by atoms with E-state index in [0.29, 0.717) is 0 Å². The summed E-state index contributed by atoms with van der Waals surface area (Å²) < 4.78 is 1.07. The molecule has 1 radical (unpaired) electrons. The molecule has 0 fully saturated rings. The van der Waals surface area contributed by atoms with Crippen LogP contribution < -0.4 is 0 Å². The number of nitrogens with zero attached hydrogens (tertiary/aromatic N) is 1. The van der Waals surface area contributed by atoms with Crippen LogP contribution in [0.3, 0.4) is 0 Å². The monoisotopic (exact) mass is 233 g/mol. The molecule has 0 aromatic carbocycles. The van der Waals surface area contributed by atoms with Crippen molar-refractivity contribution in [3.63, 3.8) is 0 Å². The molecule has 0 N–H and O–H groups in total. The van der Waals surface area contributed by atoms with Crippen LogP contribution in [0.15, 0.2) is 0 Å². The maximum Gasteiger partial charge on any atom is 0.0822 e. The van der Waals surface area contributed by atoms with Crippen molar-refractivity contribution in [3.8, 4) is 0 Å². The molecule has 0 amide bonds. The lowest BCUT2D eigenvalue weighted by Crippen LogP contribution is -2.33. The fraction of sp³-hybridized carbons (Fsp3) is 1.00. The van der Waals surface area contributed by atoms with E-state index >= 15 is 0 Å². The minimum absolute atomic E-state index is 0.105. The van der Waals surface area contributed by atoms with Gasteiger partial charge in [-0.2, -0.15) is 0 Å². The van der Waals surface area contributed by atoms with E-state index in [1.165, 1.54) is 6.54 Å². The molecule has 0 saturated carbocycles. The van der Waals surface area contributed by atoms with Crippen LogP contribution in [0.5, 0.6) is 0 Å². The minimum Gasteiger partial charge on any atom is -0.331 e. The zero-order valence-electron chi connectivity index (χ0n) is 13.0. The van der Waals surface area contributed by atoms with Crippen LogP contribution in [0.25, 0.3) is 0 Å². The van der Waals surface area contributed by atoms with Crippen LogP contribution in [0.2, 0.25) is 0 Å². The molecule has 16 heavy (non-hydrogen) atoms. The summed E-state index contributed by atoms with van der Waals surface area (Å²) in [7, 11) is 6.54. The van der Waals surface area contributed by atoms with Gasteiger partial charge in [-0.3, -0.25) is 0 Å². The zero-order chi connectivity index (χ0) is 13.6. The van der Waals surface area contributed by atoms with E-state index in [2.05, 4.69) is 55.8 Å². The van der Waals surface area contributed by atoms with Crippen molar-refractivity contribution in [1.82, 2.24) is 0 Å². The molecule has 0 bridgehead atoms. The van der Waals surface area contributed by atoms with Crippen molar-refractivity contribution in [1.29, 1.82) is 0 Å². The first-order chi connectivity index (χ1) is 7.21. The molecule has 101 valence electrons. The SMILES string of the molecule is CC(C)C.CCCCC[O].CC[N+](C)(C)C. The Morgan fingerprint density at radius 2 is 1.25 bits per heavy atom. The second-order valence-corrected chi connectivity index (χ2v) is 5.75. The smallest absolute Gasteiger partial charge is 0.0822 e. The van der Waals surface area contributed by atoms with Crippen molar-refractivity contribution < 1.29 is 9.59 Å². The molecule has 0 aliphatic carbocycles. The Labute approximate surface area is 104 Å². The normalized spacial score (nSPS) is 10.1. The molecule has 0 heterocycles. The summed E-state index contributed by atoms with van der Waals surface area (Å²) in [6.45, 7) is 12.1. The van der Waals surface area contributed by atoms with Gasteiger partial charge in [0.25, 0.3) is 0 Å². The topological polar surface area (TPSA) is 19.9 Å². The first kappa shape index (κ1) is 21.2. The van der Waals surface area contributed by atoms with Crippen LogP contribution in [-0.2, 0) is 5.11 Å². The molecule has 0 aromatic rings. The lowest BCUT2D eigenvalue weighted by molar-refractivity contribution is -0.868. The van der Waals surface area contributed by atoms with Crippen molar-refractivity contribution in [2.75, 3.05) is 34.3 Å². The fourth-order valence-electron chi connectivity index (χ4n) is 0.352. The van der Waals surface area contributed by atoms with E-state index in [0.717, 1.165) is 29.7 Å². The Bertz CT molecular complexity index is 99.0. The van der Waals surface area contributed by atoms with Crippen molar-refractivity contribution in [2.24, 2.45) is 5.92 Å². The van der Waals surface area contributed by atoms with E-state index in [1.54, 1.807) is 0 Å². The molecule has 0 spiro atoms. The van der Waals surface area contributed by atoms with E-state index in [4.69, 9.17) is 0 Å². The predicted molar refractivity (Wildman–Crippen MR) is 74.2 cm³/mol. The molecule has 0 atom stereocenters. The third-order valence-electron chi connectivity index (χ3n) is 1.70. The number of quaternary nitrogens is 1. The second kappa shape index (κ2) is 14.9. The van der Waals surface area contributed by atoms with Crippen LogP contribution in [0, 0.1) is 5.92 Å². The van der Waals surface area contributed by atoms with E-state index in [-0.39, 0.29) is 6.61 Å². The first-order valence-electron chi connectivity index (χ1n) is 6.59. The largest absolute Gasteiger partial charge is 0.331 e. The van der Waals surface area contributed by atoms with Crippen LogP contribution >= 0.6 is 0 Å². The molecule has 0 aliphatic heterocycles. The third kappa shape index (κ3) is 66.3. The number of hydrogen-bond acceptors (Lipinski definition) is 0. The Balaban J connectivity index is -0.000000162. The molecule has 2 nitrogen and oxygen atoms in total. The van der Waals surface area contributed by atoms with Gasteiger partial charge in [0, 0.05) is 0 Å². The molecule has 2 heteroatoms. The van der Waals surface area contributed by atoms with E-state index in [9.17, 15) is 5.11 Å². The summed E-state index contributed by atoms with van der Waals surface area (Å²) in [5.41, 5.74) is 0. The summed E-state index contributed by atoms with van der Waals surface area (Å²) in [4.78, 5) is 0. The first-order valence-corrected chi connectivity index (χ1v) is 6.59. The van der Waals surface area contributed by atoms with Gasteiger partial charge < -0.3 is 4.48 Å². The standard InChI is InChI=1S/C5H14N.C5H11O.C4H10/c1-5-6(2,3)4;1-2-3-4-5-6;1-4(2)3/h5H2,1-4H3;2-5H2,1H3;4H,1-3H3/q+1;;. The van der Waals surface area contributed by atoms with Gasteiger partial charge in [0.2, 0.25) is 0 Å². The third-order valence-corrected chi connectivity index (χ3v) is 1.70. The Morgan fingerprint density at radius 3 is 1.31 bits per heavy atom. The van der Waals surface area contributed by atoms with Gasteiger partial charge in [-0.1, -0.05) is 40.5 Å². The molecular formula is C14H35NO+. The fourth-order valence-corrected chi connectivity index (χ4v) is 0.352. The maximum absolute atomic E-state index is 9.69. The quantitative estimate of drug-likeness (QED) is 0.517. The highest BCUT2D eigenvalue weighted by Gasteiger charge is 1.97. The van der Waals surface area contributed by atoms with Crippen LogP contribution in [0.4, 0.5) is 0 Å². The average molecular weight is 233 g/mol. The summed E-state index contributed by atoms with van der Waals surface area (Å²) in [6.07, 6.45) is 3.11. The molecule has 0 saturated heterocycles. The maximum atomic E-state index is 9.69. The highest BCUT2D eigenvalue weighted by Crippen LogP contribution is 1.89. The molecule has 0 unspecified atom stereocenters. The van der Waals surface area contributed by atoms with Crippen molar-refractivity contribution >= 4 is 0 Å². The van der Waals surface area contributed by atoms with Crippen LogP contribution in [-0.4, -0.2) is 38.8 Å². The predicted octanol–water partition coefficient (Wildman–Crippen LogP) is 3.98. The van der Waals surface area contributed by atoms with Gasteiger partial charge in [0.05, 0.1) is 34.3 Å². The molecule has 0 aliphatic rings. The van der Waals surface area contributed by atoms with Gasteiger partial charge in [0.15, 0.2) is 0 Å². The molecule has 0 aromatic heterocycles. The van der Waals surface area contributed by atoms with Crippen LogP contribution in [0.1, 0.15) is 53.9 Å². The van der Waals surface area contributed by atoms with Gasteiger partial charge in [-0.15, -0.1) is 0 Å². The van der Waals surface area contributed by atoms with Gasteiger partial charge in [0.1, 0.15) is 0 Å². The molecular weight excluding hydrogens is 198 g/mol. The minimum atomic E-state index is 0.105. The number of rotatable bonds is 4. The summed E-state index contributed by atoms with van der Waals surface area (Å²) >= 11 is 0. The number of hydrogen-bond donors (Lipinski definition) is 0. The van der Waals surface area contributed by atoms with Gasteiger partial charge in [-0.05, 0) is 19.3 Å². The lowest BCUT2D eigenvalue weighted by Gasteiger charge is -2.20. The van der Waals surface area contributed by atoms with Crippen molar-refractivity contribution in [2.45, 2.75) is 53.9 Å². The zero-order valence-corrected chi connectivity index (χ0v) is 13.0. The Morgan fingerprint density at radius 1 is 0.938 bits per heavy atom. The Kier molecular flexibility index (Phi) is 19.8. The Hall–Kier alpha value is -0.0800. The highest BCUT2D eigenvalue weighted by molar-refractivity contribution is 4.30. The van der Waals surface area contributed by atoms with Gasteiger partial charge >= 0.3 is 0 Å². The second-order valence-electron chi connectivity index (χ2n) is 5.75. The van der Waals surface area contributed by atoms with Gasteiger partial charge in [-0.25, -0.2) is 5.11 Å². The highest BCUT2D eigenvalue weighted by atomic mass is 16.2. The van der Waals surface area contributed by atoms with Crippen molar-refractivity contribution in [3.05, 3.63) is 0 Å². The average Bonchev–Trinajstić information content (AvgIpc) is 2.14. The number of unbranched alkanes of at least 4 members (excludes halogenated alkanes) is 2. The van der Waals surface area contributed by atoms with E-state index in [1.807, 2.05) is 0 Å². The summed E-state index contributed by atoms with van der Waals surface area (Å²) in [5, 5.41) is 9.69. The lowest BCUT2D eigenvalue weighted by atomic mass is 10.3.